The van der Waals surface area contributed by atoms with Gasteiger partial charge >= 0.3 is 0 Å². The molecule has 1 aliphatic rings. The first kappa shape index (κ1) is 22.8. The predicted octanol–water partition coefficient (Wildman–Crippen LogP) is 2.53. The Bertz CT molecular complexity index is 1440. The van der Waals surface area contributed by atoms with Gasteiger partial charge in [-0.1, -0.05) is 0 Å². The summed E-state index contributed by atoms with van der Waals surface area (Å²) in [5.41, 5.74) is 7.56. The molecular weight excluding hydrogens is 461 g/mol. The molecule has 180 valence electrons. The van der Waals surface area contributed by atoms with Crippen LogP contribution < -0.4 is 21.7 Å². The molecule has 0 aliphatic carbocycles. The maximum Gasteiger partial charge on any atom is 0.263 e. The van der Waals surface area contributed by atoms with Crippen LogP contribution in [0.1, 0.15) is 33.9 Å². The topological polar surface area (TPSA) is 104 Å². The number of carbonyl (C=O) groups is 1. The van der Waals surface area contributed by atoms with Crippen molar-refractivity contribution in [3.05, 3.63) is 99.5 Å². The zero-order valence-electron chi connectivity index (χ0n) is 18.3. The number of aromatic nitrogens is 3. The molecule has 5 rings (SSSR count). The van der Waals surface area contributed by atoms with Crippen LogP contribution >= 0.6 is 0 Å². The second-order valence-electron chi connectivity index (χ2n) is 8.36. The van der Waals surface area contributed by atoms with Crippen molar-refractivity contribution in [2.24, 2.45) is 0 Å². The van der Waals surface area contributed by atoms with Crippen LogP contribution in [0.15, 0.2) is 59.8 Å². The number of fused-ring (bicyclic) bond motifs is 1. The first-order valence-corrected chi connectivity index (χ1v) is 10.9. The van der Waals surface area contributed by atoms with Crippen LogP contribution in [-0.2, 0) is 6.54 Å². The molecular formula is C24H21F3N6O2. The molecule has 1 aromatic carbocycles. The first-order valence-electron chi connectivity index (χ1n) is 10.9. The lowest BCUT2D eigenvalue weighted by Crippen LogP contribution is -2.41. The van der Waals surface area contributed by atoms with Crippen molar-refractivity contribution in [3.63, 3.8) is 0 Å². The van der Waals surface area contributed by atoms with Crippen molar-refractivity contribution < 1.29 is 18.0 Å². The Kier molecular flexibility index (Phi) is 6.10. The van der Waals surface area contributed by atoms with E-state index in [1.807, 2.05) is 18.3 Å². The van der Waals surface area contributed by atoms with Gasteiger partial charge in [0.25, 0.3) is 11.5 Å². The van der Waals surface area contributed by atoms with Crippen molar-refractivity contribution in [2.75, 3.05) is 6.54 Å². The second-order valence-corrected chi connectivity index (χ2v) is 8.36. The maximum absolute atomic E-state index is 13.5. The van der Waals surface area contributed by atoms with Gasteiger partial charge in [-0.25, -0.2) is 23.6 Å². The Morgan fingerprint density at radius 2 is 1.94 bits per heavy atom. The average molecular weight is 482 g/mol. The highest BCUT2D eigenvalue weighted by atomic mass is 19.2. The Labute approximate surface area is 197 Å². The quantitative estimate of drug-likeness (QED) is 0.316. The number of hydrogen-bond acceptors (Lipinski definition) is 5. The van der Waals surface area contributed by atoms with Gasteiger partial charge in [-0.05, 0) is 53.9 Å². The summed E-state index contributed by atoms with van der Waals surface area (Å²) in [5, 5.41) is 3.77. The van der Waals surface area contributed by atoms with Crippen molar-refractivity contribution in [1.82, 2.24) is 30.7 Å². The zero-order chi connectivity index (χ0) is 24.5. The van der Waals surface area contributed by atoms with Crippen LogP contribution in [0.5, 0.6) is 0 Å². The highest BCUT2D eigenvalue weighted by molar-refractivity contribution is 5.93. The summed E-state index contributed by atoms with van der Waals surface area (Å²) < 4.78 is 41.4. The fraction of sp³-hybridized carbons (Fsp3) is 0.208. The van der Waals surface area contributed by atoms with Gasteiger partial charge in [0.15, 0.2) is 17.5 Å². The van der Waals surface area contributed by atoms with Crippen LogP contribution in [0, 0.1) is 17.5 Å². The first-order chi connectivity index (χ1) is 16.9. The second kappa shape index (κ2) is 9.35. The molecule has 0 bridgehead atoms. The van der Waals surface area contributed by atoms with Crippen LogP contribution in [0.3, 0.4) is 0 Å². The number of carbonyl (C=O) groups excluding carboxylic acids is 1. The highest BCUT2D eigenvalue weighted by Crippen LogP contribution is 2.28. The van der Waals surface area contributed by atoms with E-state index in [1.54, 1.807) is 6.20 Å². The van der Waals surface area contributed by atoms with E-state index >= 15 is 0 Å². The largest absolute Gasteiger partial charge is 0.350 e. The van der Waals surface area contributed by atoms with Crippen molar-refractivity contribution in [2.45, 2.75) is 25.0 Å². The molecule has 35 heavy (non-hydrogen) atoms. The fourth-order valence-electron chi connectivity index (χ4n) is 4.27. The minimum atomic E-state index is -1.58. The fourth-order valence-corrected chi connectivity index (χ4v) is 4.27. The molecule has 4 N–H and O–H groups in total. The third-order valence-corrected chi connectivity index (χ3v) is 6.01. The van der Waals surface area contributed by atoms with E-state index in [0.717, 1.165) is 33.3 Å². The minimum Gasteiger partial charge on any atom is -0.350 e. The Hall–Kier alpha value is -3.96. The SMILES string of the molecule is O=C(NCC1CC(c2c[nH]c3ncccc23)NN1)c1cccn(Cc2cc(F)c(F)c(F)c2)c1=O. The predicted molar refractivity (Wildman–Crippen MR) is 122 cm³/mol. The number of nitrogens with one attached hydrogen (secondary N) is 4. The van der Waals surface area contributed by atoms with Crippen LogP contribution in [0.2, 0.25) is 0 Å². The molecule has 4 aromatic rings. The Balaban J connectivity index is 1.23. The van der Waals surface area contributed by atoms with Gasteiger partial charge in [0, 0.05) is 42.6 Å². The van der Waals surface area contributed by atoms with E-state index in [4.69, 9.17) is 0 Å². The van der Waals surface area contributed by atoms with Crippen LogP contribution in [0.25, 0.3) is 11.0 Å². The van der Waals surface area contributed by atoms with Gasteiger partial charge in [-0.3, -0.25) is 15.0 Å². The molecule has 11 heteroatoms. The molecule has 8 nitrogen and oxygen atoms in total. The lowest BCUT2D eigenvalue weighted by Gasteiger charge is -2.12. The summed E-state index contributed by atoms with van der Waals surface area (Å²) >= 11 is 0. The van der Waals surface area contributed by atoms with Crippen molar-refractivity contribution in [3.8, 4) is 0 Å². The standard InChI is InChI=1S/C24H21F3N6O2/c25-18-7-13(8-19(26)21(18)27)12-33-6-2-4-16(24(33)35)23(34)30-10-14-9-20(32-31-14)17-11-29-22-15(17)3-1-5-28-22/h1-8,11,14,20,31-32H,9-10,12H2,(H,28,29)(H,30,34). The number of rotatable bonds is 6. The number of hydrazine groups is 1. The van der Waals surface area contributed by atoms with Crippen LogP contribution in [0.4, 0.5) is 13.2 Å². The van der Waals surface area contributed by atoms with E-state index in [9.17, 15) is 22.8 Å². The molecule has 1 fully saturated rings. The molecule has 4 heterocycles. The number of halogens is 3. The number of hydrogen-bond donors (Lipinski definition) is 4. The van der Waals surface area contributed by atoms with Gasteiger partial charge in [0.1, 0.15) is 11.2 Å². The van der Waals surface area contributed by atoms with Gasteiger partial charge in [-0.2, -0.15) is 0 Å². The third-order valence-electron chi connectivity index (χ3n) is 6.01. The molecule has 1 aliphatic heterocycles. The normalized spacial score (nSPS) is 17.7. The highest BCUT2D eigenvalue weighted by Gasteiger charge is 2.27. The number of aromatic amines is 1. The lowest BCUT2D eigenvalue weighted by molar-refractivity contribution is 0.0948. The summed E-state index contributed by atoms with van der Waals surface area (Å²) in [4.78, 5) is 32.9. The smallest absolute Gasteiger partial charge is 0.263 e. The maximum atomic E-state index is 13.5. The lowest BCUT2D eigenvalue weighted by atomic mass is 10.0. The van der Waals surface area contributed by atoms with Gasteiger partial charge < -0.3 is 14.9 Å². The summed E-state index contributed by atoms with van der Waals surface area (Å²) in [7, 11) is 0. The van der Waals surface area contributed by atoms with E-state index in [1.165, 1.54) is 18.3 Å². The van der Waals surface area contributed by atoms with E-state index in [2.05, 4.69) is 26.1 Å². The molecule has 0 saturated carbocycles. The third kappa shape index (κ3) is 4.55. The number of nitrogens with zero attached hydrogens (tertiary/aromatic N) is 2. The average Bonchev–Trinajstić information content (AvgIpc) is 3.49. The number of amides is 1. The van der Waals surface area contributed by atoms with Gasteiger partial charge in [-0.15, -0.1) is 0 Å². The number of pyridine rings is 2. The summed E-state index contributed by atoms with van der Waals surface area (Å²) in [5.74, 6) is -4.83. The van der Waals surface area contributed by atoms with Gasteiger partial charge in [0.2, 0.25) is 0 Å². The molecule has 2 unspecified atom stereocenters. The zero-order valence-corrected chi connectivity index (χ0v) is 18.3. The minimum absolute atomic E-state index is 0.0142. The number of benzene rings is 1. The van der Waals surface area contributed by atoms with E-state index in [0.29, 0.717) is 6.42 Å². The van der Waals surface area contributed by atoms with E-state index < -0.39 is 28.9 Å². The Morgan fingerprint density at radius 3 is 2.74 bits per heavy atom. The van der Waals surface area contributed by atoms with Crippen LogP contribution in [-0.4, -0.2) is 33.0 Å². The number of H-pyrrole nitrogens is 1. The molecule has 0 radical (unpaired) electrons. The molecule has 1 saturated heterocycles. The van der Waals surface area contributed by atoms with E-state index in [-0.39, 0.29) is 36.3 Å². The molecule has 1 amide bonds. The Morgan fingerprint density at radius 1 is 1.14 bits per heavy atom. The van der Waals surface area contributed by atoms with Crippen molar-refractivity contribution in [1.29, 1.82) is 0 Å². The summed E-state index contributed by atoms with van der Waals surface area (Å²) in [6.45, 7) is 0.0506. The molecule has 2 atom stereocenters. The molecule has 3 aromatic heterocycles. The summed E-state index contributed by atoms with van der Waals surface area (Å²) in [6, 6.07) is 8.29. The molecule has 0 spiro atoms. The monoisotopic (exact) mass is 482 g/mol. The summed E-state index contributed by atoms with van der Waals surface area (Å²) in [6.07, 6.45) is 5.71. The van der Waals surface area contributed by atoms with Gasteiger partial charge in [0.05, 0.1) is 6.54 Å². The van der Waals surface area contributed by atoms with Crippen molar-refractivity contribution >= 4 is 16.9 Å².